The van der Waals surface area contributed by atoms with Crippen molar-refractivity contribution in [3.05, 3.63) is 29.8 Å². The summed E-state index contributed by atoms with van der Waals surface area (Å²) in [4.78, 5) is 1.30. The van der Waals surface area contributed by atoms with Crippen molar-refractivity contribution in [1.82, 2.24) is 0 Å². The summed E-state index contributed by atoms with van der Waals surface area (Å²) in [6, 6.07) is 8.45. The zero-order valence-corrected chi connectivity index (χ0v) is 14.1. The molecule has 0 saturated heterocycles. The van der Waals surface area contributed by atoms with Crippen LogP contribution in [0.25, 0.3) is 0 Å². The SMILES string of the molecule is CCCC(CCC)CSc1cccc(C(O)CCC)c1. The lowest BCUT2D eigenvalue weighted by molar-refractivity contribution is 0.166. The molecule has 1 unspecified atom stereocenters. The molecule has 0 heterocycles. The van der Waals surface area contributed by atoms with E-state index in [-0.39, 0.29) is 6.10 Å². The fraction of sp³-hybridized carbons (Fsp3) is 0.667. The molecule has 0 saturated carbocycles. The van der Waals surface area contributed by atoms with E-state index >= 15 is 0 Å². The van der Waals surface area contributed by atoms with Gasteiger partial charge in [-0.3, -0.25) is 0 Å². The van der Waals surface area contributed by atoms with Crippen molar-refractivity contribution in [2.75, 3.05) is 5.75 Å². The van der Waals surface area contributed by atoms with E-state index in [1.165, 1.54) is 36.3 Å². The predicted molar refractivity (Wildman–Crippen MR) is 90.3 cm³/mol. The monoisotopic (exact) mass is 294 g/mol. The van der Waals surface area contributed by atoms with E-state index in [1.807, 2.05) is 17.8 Å². The van der Waals surface area contributed by atoms with Crippen LogP contribution in [-0.4, -0.2) is 10.9 Å². The Balaban J connectivity index is 2.56. The molecule has 20 heavy (non-hydrogen) atoms. The lowest BCUT2D eigenvalue weighted by Crippen LogP contribution is -2.03. The van der Waals surface area contributed by atoms with Crippen LogP contribution in [0.5, 0.6) is 0 Å². The summed E-state index contributed by atoms with van der Waals surface area (Å²) in [6.07, 6.45) is 6.79. The number of aliphatic hydroxyl groups is 1. The van der Waals surface area contributed by atoms with Crippen LogP contribution < -0.4 is 0 Å². The molecule has 1 aromatic rings. The molecule has 0 radical (unpaired) electrons. The van der Waals surface area contributed by atoms with Gasteiger partial charge in [0.1, 0.15) is 0 Å². The third kappa shape index (κ3) is 6.32. The Labute approximate surface area is 129 Å². The van der Waals surface area contributed by atoms with E-state index in [0.717, 1.165) is 24.3 Å². The average Bonchev–Trinajstić information content (AvgIpc) is 2.46. The summed E-state index contributed by atoms with van der Waals surface area (Å²) >= 11 is 1.95. The predicted octanol–water partition coefficient (Wildman–Crippen LogP) is 5.83. The topological polar surface area (TPSA) is 20.2 Å². The van der Waals surface area contributed by atoms with Crippen LogP contribution in [-0.2, 0) is 0 Å². The van der Waals surface area contributed by atoms with E-state index in [4.69, 9.17) is 0 Å². The Morgan fingerprint density at radius 1 is 1.00 bits per heavy atom. The molecular weight excluding hydrogens is 264 g/mol. The van der Waals surface area contributed by atoms with Crippen LogP contribution in [0.15, 0.2) is 29.2 Å². The van der Waals surface area contributed by atoms with Crippen LogP contribution in [0.1, 0.15) is 71.0 Å². The first-order valence-electron chi connectivity index (χ1n) is 8.12. The van der Waals surface area contributed by atoms with Gasteiger partial charge in [0.15, 0.2) is 0 Å². The molecule has 0 fully saturated rings. The van der Waals surface area contributed by atoms with Gasteiger partial charge in [-0.05, 0) is 42.9 Å². The van der Waals surface area contributed by atoms with Gasteiger partial charge in [-0.1, -0.05) is 52.2 Å². The number of thioether (sulfide) groups is 1. The van der Waals surface area contributed by atoms with Gasteiger partial charge in [-0.25, -0.2) is 0 Å². The van der Waals surface area contributed by atoms with Crippen LogP contribution >= 0.6 is 11.8 Å². The smallest absolute Gasteiger partial charge is 0.0790 e. The molecule has 1 aromatic carbocycles. The first kappa shape index (κ1) is 17.6. The maximum Gasteiger partial charge on any atom is 0.0790 e. The zero-order valence-electron chi connectivity index (χ0n) is 13.3. The molecule has 0 spiro atoms. The van der Waals surface area contributed by atoms with E-state index < -0.39 is 0 Å². The molecule has 1 rings (SSSR count). The molecule has 1 nitrogen and oxygen atoms in total. The quantitative estimate of drug-likeness (QED) is 0.548. The molecule has 0 aliphatic carbocycles. The van der Waals surface area contributed by atoms with E-state index in [1.54, 1.807) is 0 Å². The molecule has 1 atom stereocenters. The minimum absolute atomic E-state index is 0.303. The van der Waals surface area contributed by atoms with Crippen molar-refractivity contribution in [3.63, 3.8) is 0 Å². The molecule has 2 heteroatoms. The van der Waals surface area contributed by atoms with Crippen LogP contribution in [0.2, 0.25) is 0 Å². The van der Waals surface area contributed by atoms with Gasteiger partial charge in [0.05, 0.1) is 6.10 Å². The van der Waals surface area contributed by atoms with Crippen molar-refractivity contribution >= 4 is 11.8 Å². The molecule has 0 aromatic heterocycles. The fourth-order valence-electron chi connectivity index (χ4n) is 2.59. The second kappa shape index (κ2) is 10.3. The minimum Gasteiger partial charge on any atom is -0.388 e. The minimum atomic E-state index is -0.303. The highest BCUT2D eigenvalue weighted by Gasteiger charge is 2.10. The normalized spacial score (nSPS) is 12.8. The highest BCUT2D eigenvalue weighted by Crippen LogP contribution is 2.28. The number of hydrogen-bond donors (Lipinski definition) is 1. The van der Waals surface area contributed by atoms with E-state index in [2.05, 4.69) is 39.0 Å². The van der Waals surface area contributed by atoms with Gasteiger partial charge in [0, 0.05) is 10.6 Å². The number of rotatable bonds is 10. The third-order valence-corrected chi connectivity index (χ3v) is 4.91. The van der Waals surface area contributed by atoms with Crippen molar-refractivity contribution in [2.45, 2.75) is 70.3 Å². The standard InChI is InChI=1S/C18H30OS/c1-4-8-15(9-5-2)14-20-17-12-7-11-16(13-17)18(19)10-6-3/h7,11-13,15,18-19H,4-6,8-10,14H2,1-3H3. The van der Waals surface area contributed by atoms with E-state index in [9.17, 15) is 5.11 Å². The summed E-state index contributed by atoms with van der Waals surface area (Å²) in [5, 5.41) is 10.1. The summed E-state index contributed by atoms with van der Waals surface area (Å²) < 4.78 is 0. The van der Waals surface area contributed by atoms with Gasteiger partial charge < -0.3 is 5.11 Å². The summed E-state index contributed by atoms with van der Waals surface area (Å²) in [5.74, 6) is 2.04. The maximum absolute atomic E-state index is 10.1. The third-order valence-electron chi connectivity index (χ3n) is 3.68. The first-order chi connectivity index (χ1) is 9.71. The summed E-state index contributed by atoms with van der Waals surface area (Å²) in [7, 11) is 0. The molecule has 1 N–H and O–H groups in total. The Kier molecular flexibility index (Phi) is 9.04. The van der Waals surface area contributed by atoms with Gasteiger partial charge in [0.25, 0.3) is 0 Å². The zero-order chi connectivity index (χ0) is 14.8. The summed E-state index contributed by atoms with van der Waals surface area (Å²) in [5.41, 5.74) is 1.07. The van der Waals surface area contributed by atoms with Crippen molar-refractivity contribution in [1.29, 1.82) is 0 Å². The molecule has 0 amide bonds. The van der Waals surface area contributed by atoms with Gasteiger partial charge >= 0.3 is 0 Å². The van der Waals surface area contributed by atoms with Gasteiger partial charge in [-0.2, -0.15) is 0 Å². The molecule has 0 aliphatic rings. The lowest BCUT2D eigenvalue weighted by atomic mass is 10.0. The maximum atomic E-state index is 10.1. The van der Waals surface area contributed by atoms with Crippen LogP contribution in [0.4, 0.5) is 0 Å². The lowest BCUT2D eigenvalue weighted by Gasteiger charge is -2.15. The fourth-order valence-corrected chi connectivity index (χ4v) is 3.75. The number of aliphatic hydroxyl groups excluding tert-OH is 1. The Hall–Kier alpha value is -0.470. The van der Waals surface area contributed by atoms with Gasteiger partial charge in [0.2, 0.25) is 0 Å². The average molecular weight is 295 g/mol. The van der Waals surface area contributed by atoms with Crippen molar-refractivity contribution in [3.8, 4) is 0 Å². The Morgan fingerprint density at radius 2 is 1.65 bits per heavy atom. The Bertz CT molecular complexity index is 358. The highest BCUT2D eigenvalue weighted by molar-refractivity contribution is 7.99. The molecule has 0 bridgehead atoms. The van der Waals surface area contributed by atoms with Crippen molar-refractivity contribution < 1.29 is 5.11 Å². The first-order valence-corrected chi connectivity index (χ1v) is 9.10. The van der Waals surface area contributed by atoms with Crippen LogP contribution in [0.3, 0.4) is 0 Å². The number of benzene rings is 1. The largest absolute Gasteiger partial charge is 0.388 e. The second-order valence-corrected chi connectivity index (χ2v) is 6.72. The van der Waals surface area contributed by atoms with E-state index in [0.29, 0.717) is 0 Å². The number of hydrogen-bond acceptors (Lipinski definition) is 2. The summed E-state index contributed by atoms with van der Waals surface area (Å²) in [6.45, 7) is 6.66. The van der Waals surface area contributed by atoms with Crippen LogP contribution in [0, 0.1) is 5.92 Å². The molecule has 114 valence electrons. The second-order valence-electron chi connectivity index (χ2n) is 5.63. The molecular formula is C18H30OS. The Morgan fingerprint density at radius 3 is 2.25 bits per heavy atom. The van der Waals surface area contributed by atoms with Crippen molar-refractivity contribution in [2.24, 2.45) is 5.92 Å². The highest BCUT2D eigenvalue weighted by atomic mass is 32.2. The molecule has 0 aliphatic heterocycles. The van der Waals surface area contributed by atoms with Gasteiger partial charge in [-0.15, -0.1) is 11.8 Å².